The second-order valence-corrected chi connectivity index (χ2v) is 6.01. The van der Waals surface area contributed by atoms with E-state index < -0.39 is 0 Å². The first-order chi connectivity index (χ1) is 11.7. The predicted molar refractivity (Wildman–Crippen MR) is 93.7 cm³/mol. The number of benzene rings is 1. The van der Waals surface area contributed by atoms with Crippen LogP contribution < -0.4 is 9.80 Å². The fourth-order valence-corrected chi connectivity index (χ4v) is 3.08. The Kier molecular flexibility index (Phi) is 4.76. The third kappa shape index (κ3) is 3.38. The Labute approximate surface area is 142 Å². The summed E-state index contributed by atoms with van der Waals surface area (Å²) in [5, 5.41) is 8.81. The van der Waals surface area contributed by atoms with Crippen LogP contribution in [0.3, 0.4) is 0 Å². The first kappa shape index (κ1) is 16.0. The van der Waals surface area contributed by atoms with E-state index in [4.69, 9.17) is 5.26 Å². The van der Waals surface area contributed by atoms with Crippen molar-refractivity contribution in [3.63, 3.8) is 0 Å². The van der Waals surface area contributed by atoms with Gasteiger partial charge >= 0.3 is 0 Å². The van der Waals surface area contributed by atoms with Gasteiger partial charge in [-0.3, -0.25) is 4.79 Å². The molecule has 0 unspecified atom stereocenters. The predicted octanol–water partition coefficient (Wildman–Crippen LogP) is 2.83. The highest BCUT2D eigenvalue weighted by Crippen LogP contribution is 2.25. The average molecular weight is 320 g/mol. The summed E-state index contributed by atoms with van der Waals surface area (Å²) < 4.78 is 0. The number of carbonyl (C=O) groups is 1. The van der Waals surface area contributed by atoms with Crippen molar-refractivity contribution in [3.05, 3.63) is 54.4 Å². The molecule has 3 rings (SSSR count). The molecule has 1 aliphatic rings. The van der Waals surface area contributed by atoms with Crippen LogP contribution in [0.25, 0.3) is 0 Å². The zero-order valence-corrected chi connectivity index (χ0v) is 13.7. The van der Waals surface area contributed by atoms with E-state index in [1.165, 1.54) is 0 Å². The molecule has 1 aliphatic heterocycles. The molecule has 1 aromatic carbocycles. The van der Waals surface area contributed by atoms with Gasteiger partial charge in [0.1, 0.15) is 11.8 Å². The van der Waals surface area contributed by atoms with Gasteiger partial charge in [0.25, 0.3) is 0 Å². The van der Waals surface area contributed by atoms with E-state index in [1.54, 1.807) is 17.2 Å². The third-order valence-electron chi connectivity index (χ3n) is 4.55. The molecule has 5 nitrogen and oxygen atoms in total. The smallest absolute Gasteiger partial charge is 0.229 e. The topological polar surface area (TPSA) is 60.2 Å². The van der Waals surface area contributed by atoms with Crippen LogP contribution in [-0.2, 0) is 4.79 Å². The Morgan fingerprint density at radius 2 is 1.92 bits per heavy atom. The standard InChI is InChI=1S/C19H20N4O/c1-22(17-5-3-2-4-6-17)19(24)15-9-11-23(12-10-15)18-8-7-16(13-20)21-14-18/h2-8,14-15H,9-12H2,1H3. The number of aromatic nitrogens is 1. The largest absolute Gasteiger partial charge is 0.370 e. The van der Waals surface area contributed by atoms with Gasteiger partial charge in [-0.2, -0.15) is 5.26 Å². The Bertz CT molecular complexity index is 728. The number of amides is 1. The lowest BCUT2D eigenvalue weighted by molar-refractivity contribution is -0.122. The fraction of sp³-hybridized carbons (Fsp3) is 0.316. The van der Waals surface area contributed by atoms with E-state index in [2.05, 4.69) is 9.88 Å². The SMILES string of the molecule is CN(C(=O)C1CCN(c2ccc(C#N)nc2)CC1)c1ccccc1. The van der Waals surface area contributed by atoms with Crippen molar-refractivity contribution in [3.8, 4) is 6.07 Å². The molecular formula is C19H20N4O. The lowest BCUT2D eigenvalue weighted by atomic mass is 9.95. The van der Waals surface area contributed by atoms with Gasteiger partial charge in [0.2, 0.25) is 5.91 Å². The maximum Gasteiger partial charge on any atom is 0.229 e. The first-order valence-electron chi connectivity index (χ1n) is 8.13. The van der Waals surface area contributed by atoms with Gasteiger partial charge in [-0.15, -0.1) is 0 Å². The van der Waals surface area contributed by atoms with Crippen LogP contribution in [0.4, 0.5) is 11.4 Å². The Morgan fingerprint density at radius 1 is 1.21 bits per heavy atom. The summed E-state index contributed by atoms with van der Waals surface area (Å²) in [5.74, 6) is 0.233. The van der Waals surface area contributed by atoms with Crippen LogP contribution in [0.1, 0.15) is 18.5 Å². The molecule has 0 atom stereocenters. The molecule has 1 fully saturated rings. The molecule has 0 saturated carbocycles. The molecule has 5 heteroatoms. The molecular weight excluding hydrogens is 300 g/mol. The monoisotopic (exact) mass is 320 g/mol. The van der Waals surface area contributed by atoms with Gasteiger partial charge in [0.05, 0.1) is 11.9 Å². The van der Waals surface area contributed by atoms with E-state index in [0.717, 1.165) is 37.3 Å². The highest BCUT2D eigenvalue weighted by atomic mass is 16.2. The van der Waals surface area contributed by atoms with Crippen LogP contribution in [0, 0.1) is 17.2 Å². The van der Waals surface area contributed by atoms with Gasteiger partial charge < -0.3 is 9.80 Å². The van der Waals surface area contributed by atoms with Crippen molar-refractivity contribution in [2.24, 2.45) is 5.92 Å². The van der Waals surface area contributed by atoms with Gasteiger partial charge in [-0.25, -0.2) is 4.98 Å². The number of para-hydroxylation sites is 1. The van der Waals surface area contributed by atoms with Crippen LogP contribution in [0.15, 0.2) is 48.7 Å². The average Bonchev–Trinajstić information content (AvgIpc) is 2.68. The van der Waals surface area contributed by atoms with Gasteiger partial charge in [0, 0.05) is 31.7 Å². The minimum Gasteiger partial charge on any atom is -0.370 e. The number of nitriles is 1. The minimum atomic E-state index is 0.0535. The lowest BCUT2D eigenvalue weighted by Crippen LogP contribution is -2.41. The second-order valence-electron chi connectivity index (χ2n) is 6.01. The quantitative estimate of drug-likeness (QED) is 0.872. The van der Waals surface area contributed by atoms with Gasteiger partial charge in [0.15, 0.2) is 0 Å². The summed E-state index contributed by atoms with van der Waals surface area (Å²) in [6.45, 7) is 1.65. The maximum absolute atomic E-state index is 12.7. The van der Waals surface area contributed by atoms with Crippen molar-refractivity contribution in [2.75, 3.05) is 29.9 Å². The molecule has 0 radical (unpaired) electrons. The number of piperidine rings is 1. The molecule has 1 aromatic heterocycles. The Balaban J connectivity index is 1.60. The van der Waals surface area contributed by atoms with Crippen LogP contribution in [0.2, 0.25) is 0 Å². The summed E-state index contributed by atoms with van der Waals surface area (Å²) in [6.07, 6.45) is 3.39. The molecule has 24 heavy (non-hydrogen) atoms. The second kappa shape index (κ2) is 7.14. The highest BCUT2D eigenvalue weighted by molar-refractivity contribution is 5.94. The third-order valence-corrected chi connectivity index (χ3v) is 4.55. The number of carbonyl (C=O) groups excluding carboxylic acids is 1. The molecule has 0 spiro atoms. The Morgan fingerprint density at radius 3 is 2.50 bits per heavy atom. The van der Waals surface area contributed by atoms with E-state index in [0.29, 0.717) is 5.69 Å². The number of anilines is 2. The molecule has 0 N–H and O–H groups in total. The molecule has 1 amide bonds. The molecule has 2 aromatic rings. The molecule has 2 heterocycles. The van der Waals surface area contributed by atoms with Crippen LogP contribution in [-0.4, -0.2) is 31.0 Å². The van der Waals surface area contributed by atoms with Gasteiger partial charge in [-0.05, 0) is 37.1 Å². The lowest BCUT2D eigenvalue weighted by Gasteiger charge is -2.34. The number of hydrogen-bond acceptors (Lipinski definition) is 4. The number of pyridine rings is 1. The van der Waals surface area contributed by atoms with Crippen LogP contribution in [0.5, 0.6) is 0 Å². The van der Waals surface area contributed by atoms with Crippen molar-refractivity contribution >= 4 is 17.3 Å². The zero-order valence-electron chi connectivity index (χ0n) is 13.7. The maximum atomic E-state index is 12.7. The normalized spacial score (nSPS) is 14.9. The summed E-state index contributed by atoms with van der Waals surface area (Å²) in [7, 11) is 1.84. The summed E-state index contributed by atoms with van der Waals surface area (Å²) in [4.78, 5) is 20.8. The van der Waals surface area contributed by atoms with Crippen molar-refractivity contribution in [2.45, 2.75) is 12.8 Å². The van der Waals surface area contributed by atoms with Crippen molar-refractivity contribution in [1.29, 1.82) is 5.26 Å². The highest BCUT2D eigenvalue weighted by Gasteiger charge is 2.27. The fourth-order valence-electron chi connectivity index (χ4n) is 3.08. The summed E-state index contributed by atoms with van der Waals surface area (Å²) in [6, 6.07) is 15.4. The van der Waals surface area contributed by atoms with E-state index in [-0.39, 0.29) is 11.8 Å². The molecule has 0 bridgehead atoms. The van der Waals surface area contributed by atoms with E-state index >= 15 is 0 Å². The first-order valence-corrected chi connectivity index (χ1v) is 8.13. The van der Waals surface area contributed by atoms with E-state index in [9.17, 15) is 4.79 Å². The number of rotatable bonds is 3. The molecule has 0 aliphatic carbocycles. The number of hydrogen-bond donors (Lipinski definition) is 0. The summed E-state index contributed by atoms with van der Waals surface area (Å²) >= 11 is 0. The molecule has 1 saturated heterocycles. The van der Waals surface area contributed by atoms with Crippen LogP contribution >= 0.6 is 0 Å². The van der Waals surface area contributed by atoms with Crippen molar-refractivity contribution < 1.29 is 4.79 Å². The van der Waals surface area contributed by atoms with Crippen molar-refractivity contribution in [1.82, 2.24) is 4.98 Å². The zero-order chi connectivity index (χ0) is 16.9. The summed E-state index contributed by atoms with van der Waals surface area (Å²) in [5.41, 5.74) is 2.37. The Hall–Kier alpha value is -2.87. The van der Waals surface area contributed by atoms with E-state index in [1.807, 2.05) is 49.5 Å². The minimum absolute atomic E-state index is 0.0535. The molecule has 122 valence electrons. The van der Waals surface area contributed by atoms with Gasteiger partial charge in [-0.1, -0.05) is 18.2 Å². The number of nitrogens with zero attached hydrogens (tertiary/aromatic N) is 4.